The van der Waals surface area contributed by atoms with E-state index in [1.807, 2.05) is 0 Å². The van der Waals surface area contributed by atoms with Crippen LogP contribution in [0.3, 0.4) is 0 Å². The Bertz CT molecular complexity index is 725. The Morgan fingerprint density at radius 3 is 2.86 bits per heavy atom. The third-order valence-electron chi connectivity index (χ3n) is 4.63. The molecule has 0 saturated carbocycles. The number of nitrogens with zero attached hydrogens (tertiary/aromatic N) is 3. The number of hydrogen-bond donors (Lipinski definition) is 2. The van der Waals surface area contributed by atoms with Crippen LogP contribution in [-0.2, 0) is 13.0 Å². The molecule has 0 bridgehead atoms. The van der Waals surface area contributed by atoms with Gasteiger partial charge in [-0.05, 0) is 25.1 Å². The molecule has 1 saturated heterocycles. The number of nitrogens with one attached hydrogen (secondary N) is 1. The molecule has 0 amide bonds. The van der Waals surface area contributed by atoms with E-state index >= 15 is 0 Å². The molecule has 3 heterocycles. The summed E-state index contributed by atoms with van der Waals surface area (Å²) in [4.78, 5) is 0. The fourth-order valence-electron chi connectivity index (χ4n) is 3.52. The summed E-state index contributed by atoms with van der Waals surface area (Å²) in [5, 5.41) is 23.1. The van der Waals surface area contributed by atoms with Gasteiger partial charge >= 0.3 is 0 Å². The number of halogens is 2. The molecule has 2 aliphatic rings. The van der Waals surface area contributed by atoms with Crippen molar-refractivity contribution in [3.63, 3.8) is 0 Å². The predicted octanol–water partition coefficient (Wildman–Crippen LogP) is 2.71. The number of aromatic hydroxyl groups is 1. The highest BCUT2D eigenvalue weighted by Crippen LogP contribution is 2.42. The van der Waals surface area contributed by atoms with Crippen LogP contribution in [0.4, 0.5) is 0 Å². The van der Waals surface area contributed by atoms with E-state index in [0.29, 0.717) is 16.0 Å². The third kappa shape index (κ3) is 2.19. The first-order valence-electron chi connectivity index (χ1n) is 7.44. The minimum atomic E-state index is 0.0878. The molecule has 1 unspecified atom stereocenters. The Morgan fingerprint density at radius 2 is 2.09 bits per heavy atom. The monoisotopic (exact) mass is 338 g/mol. The second kappa shape index (κ2) is 5.41. The lowest BCUT2D eigenvalue weighted by atomic mass is 9.96. The maximum absolute atomic E-state index is 10.2. The summed E-state index contributed by atoms with van der Waals surface area (Å²) >= 11 is 12.4. The molecule has 4 rings (SSSR count). The number of rotatable bonds is 2. The van der Waals surface area contributed by atoms with Crippen LogP contribution < -0.4 is 5.32 Å². The average molecular weight is 339 g/mol. The highest BCUT2D eigenvalue weighted by molar-refractivity contribution is 6.42. The van der Waals surface area contributed by atoms with E-state index in [1.54, 1.807) is 12.1 Å². The molecular weight excluding hydrogens is 323 g/mol. The zero-order valence-electron chi connectivity index (χ0n) is 11.9. The third-order valence-corrected chi connectivity index (χ3v) is 5.45. The van der Waals surface area contributed by atoms with Gasteiger partial charge in [-0.3, -0.25) is 0 Å². The Kier molecular flexibility index (Phi) is 3.51. The SMILES string of the molecule is Oc1ccc(Cl)c(Cl)c1[C@@H]1Cc2nnc(C3CCNC3)n2C1. The Hall–Kier alpha value is -1.30. The molecule has 0 radical (unpaired) electrons. The molecular formula is C15H16Cl2N4O. The molecule has 0 spiro atoms. The van der Waals surface area contributed by atoms with Crippen molar-refractivity contribution < 1.29 is 5.11 Å². The number of hydrogen-bond acceptors (Lipinski definition) is 4. The van der Waals surface area contributed by atoms with Gasteiger partial charge in [-0.2, -0.15) is 0 Å². The summed E-state index contributed by atoms with van der Waals surface area (Å²) in [6.45, 7) is 2.71. The van der Waals surface area contributed by atoms with Gasteiger partial charge in [-0.1, -0.05) is 23.2 Å². The molecule has 22 heavy (non-hydrogen) atoms. The lowest BCUT2D eigenvalue weighted by molar-refractivity contribution is 0.457. The van der Waals surface area contributed by atoms with Crippen molar-refractivity contribution in [3.05, 3.63) is 39.4 Å². The molecule has 116 valence electrons. The fraction of sp³-hybridized carbons (Fsp3) is 0.467. The lowest BCUT2D eigenvalue weighted by Crippen LogP contribution is -2.13. The Morgan fingerprint density at radius 1 is 1.23 bits per heavy atom. The zero-order chi connectivity index (χ0) is 15.3. The number of phenolic OH excluding ortho intramolecular Hbond substituents is 1. The van der Waals surface area contributed by atoms with Crippen molar-refractivity contribution in [1.82, 2.24) is 20.1 Å². The first kappa shape index (κ1) is 14.3. The van der Waals surface area contributed by atoms with Gasteiger partial charge in [0.2, 0.25) is 0 Å². The quantitative estimate of drug-likeness (QED) is 0.883. The van der Waals surface area contributed by atoms with Crippen molar-refractivity contribution in [3.8, 4) is 5.75 Å². The van der Waals surface area contributed by atoms with Crippen LogP contribution in [0.25, 0.3) is 0 Å². The highest BCUT2D eigenvalue weighted by atomic mass is 35.5. The maximum atomic E-state index is 10.2. The molecule has 2 atom stereocenters. The number of fused-ring (bicyclic) bond motifs is 1. The summed E-state index contributed by atoms with van der Waals surface area (Å²) in [5.41, 5.74) is 0.718. The van der Waals surface area contributed by atoms with Gasteiger partial charge in [0, 0.05) is 36.9 Å². The van der Waals surface area contributed by atoms with Crippen molar-refractivity contribution >= 4 is 23.2 Å². The number of benzene rings is 1. The van der Waals surface area contributed by atoms with E-state index in [1.165, 1.54) is 0 Å². The molecule has 2 aliphatic heterocycles. The minimum Gasteiger partial charge on any atom is -0.508 e. The van der Waals surface area contributed by atoms with Crippen LogP contribution in [0.2, 0.25) is 10.0 Å². The molecule has 0 aliphatic carbocycles. The summed E-state index contributed by atoms with van der Waals surface area (Å²) in [7, 11) is 0. The van der Waals surface area contributed by atoms with Crippen LogP contribution in [0, 0.1) is 0 Å². The van der Waals surface area contributed by atoms with Gasteiger partial charge < -0.3 is 15.0 Å². The lowest BCUT2D eigenvalue weighted by Gasteiger charge is -2.15. The smallest absolute Gasteiger partial charge is 0.137 e. The van der Waals surface area contributed by atoms with Gasteiger partial charge in [-0.25, -0.2) is 0 Å². The number of aromatic nitrogens is 3. The van der Waals surface area contributed by atoms with Crippen LogP contribution in [-0.4, -0.2) is 33.0 Å². The highest BCUT2D eigenvalue weighted by Gasteiger charge is 2.33. The van der Waals surface area contributed by atoms with Crippen LogP contribution >= 0.6 is 23.2 Å². The molecule has 1 fully saturated rings. The van der Waals surface area contributed by atoms with Crippen LogP contribution in [0.15, 0.2) is 12.1 Å². The first-order valence-corrected chi connectivity index (χ1v) is 8.20. The van der Waals surface area contributed by atoms with Crippen molar-refractivity contribution in [2.75, 3.05) is 13.1 Å². The second-order valence-electron chi connectivity index (χ2n) is 5.97. The maximum Gasteiger partial charge on any atom is 0.137 e. The molecule has 1 aromatic heterocycles. The van der Waals surface area contributed by atoms with Crippen molar-refractivity contribution in [2.45, 2.75) is 31.2 Å². The zero-order valence-corrected chi connectivity index (χ0v) is 13.4. The van der Waals surface area contributed by atoms with E-state index in [4.69, 9.17) is 23.2 Å². The van der Waals surface area contributed by atoms with E-state index in [-0.39, 0.29) is 11.7 Å². The Labute approximate surface area is 138 Å². The van der Waals surface area contributed by atoms with Gasteiger partial charge in [0.05, 0.1) is 10.0 Å². The average Bonchev–Trinajstić information content (AvgIpc) is 3.18. The number of phenols is 1. The summed E-state index contributed by atoms with van der Waals surface area (Å²) in [5.74, 6) is 2.71. The fourth-order valence-corrected chi connectivity index (χ4v) is 4.00. The molecule has 2 aromatic rings. The van der Waals surface area contributed by atoms with Gasteiger partial charge in [0.25, 0.3) is 0 Å². The van der Waals surface area contributed by atoms with E-state index < -0.39 is 0 Å². The molecule has 7 heteroatoms. The minimum absolute atomic E-state index is 0.0878. The first-order chi connectivity index (χ1) is 10.6. The Balaban J connectivity index is 1.67. The molecule has 1 aromatic carbocycles. The largest absolute Gasteiger partial charge is 0.508 e. The normalized spacial score (nSPS) is 23.9. The van der Waals surface area contributed by atoms with Crippen LogP contribution in [0.5, 0.6) is 5.75 Å². The second-order valence-corrected chi connectivity index (χ2v) is 6.76. The summed E-state index contributed by atoms with van der Waals surface area (Å²) in [6.07, 6.45) is 1.81. The van der Waals surface area contributed by atoms with Crippen molar-refractivity contribution in [2.24, 2.45) is 0 Å². The topological polar surface area (TPSA) is 63.0 Å². The molecule has 2 N–H and O–H groups in total. The summed E-state index contributed by atoms with van der Waals surface area (Å²) in [6, 6.07) is 3.22. The van der Waals surface area contributed by atoms with E-state index in [9.17, 15) is 5.11 Å². The van der Waals surface area contributed by atoms with E-state index in [0.717, 1.165) is 49.7 Å². The standard InChI is InChI=1S/C15H16Cl2N4O/c16-10-1-2-11(22)13(14(10)17)9-5-12-19-20-15(21(12)7-9)8-3-4-18-6-8/h1-2,8-9,18,22H,3-7H2/t8?,9-/m1/s1. The van der Waals surface area contributed by atoms with Crippen molar-refractivity contribution in [1.29, 1.82) is 0 Å². The predicted molar refractivity (Wildman–Crippen MR) is 84.8 cm³/mol. The van der Waals surface area contributed by atoms with Gasteiger partial charge in [-0.15, -0.1) is 10.2 Å². The van der Waals surface area contributed by atoms with Crippen LogP contribution in [0.1, 0.15) is 35.5 Å². The van der Waals surface area contributed by atoms with E-state index in [2.05, 4.69) is 20.1 Å². The van der Waals surface area contributed by atoms with Gasteiger partial charge in [0.1, 0.15) is 17.4 Å². The summed E-state index contributed by atoms with van der Waals surface area (Å²) < 4.78 is 2.18. The van der Waals surface area contributed by atoms with Gasteiger partial charge in [0.15, 0.2) is 0 Å². The molecule has 5 nitrogen and oxygen atoms in total.